The van der Waals surface area contributed by atoms with Crippen LogP contribution in [0, 0.1) is 0 Å². The molecular weight excluding hydrogens is 228 g/mol. The average molecular weight is 248 g/mol. The summed E-state index contributed by atoms with van der Waals surface area (Å²) in [6.45, 7) is 5.54. The van der Waals surface area contributed by atoms with Gasteiger partial charge >= 0.3 is 0 Å². The van der Waals surface area contributed by atoms with Crippen LogP contribution in [0.5, 0.6) is 0 Å². The molecule has 98 valence electrons. The number of hydrogen-bond acceptors (Lipinski definition) is 6. The molecule has 0 unspecified atom stereocenters. The maximum Gasteiger partial charge on any atom is 0.158 e. The van der Waals surface area contributed by atoms with Gasteiger partial charge in [-0.1, -0.05) is 0 Å². The van der Waals surface area contributed by atoms with Crippen molar-refractivity contribution in [3.05, 3.63) is 18.1 Å². The number of aromatic nitrogens is 2. The third kappa shape index (κ3) is 2.77. The summed E-state index contributed by atoms with van der Waals surface area (Å²) in [6.07, 6.45) is 6.27. The van der Waals surface area contributed by atoms with Gasteiger partial charge in [-0.25, -0.2) is 10.8 Å². The molecule has 1 aromatic rings. The third-order valence-corrected chi connectivity index (χ3v) is 3.71. The van der Waals surface area contributed by atoms with Gasteiger partial charge in [0.15, 0.2) is 5.82 Å². The van der Waals surface area contributed by atoms with E-state index in [-0.39, 0.29) is 0 Å². The molecule has 2 fully saturated rings. The normalized spacial score (nSPS) is 22.1. The maximum atomic E-state index is 5.27. The van der Waals surface area contributed by atoms with Crippen molar-refractivity contribution in [2.75, 3.05) is 31.6 Å². The maximum absolute atomic E-state index is 5.27. The summed E-state index contributed by atoms with van der Waals surface area (Å²) < 4.78 is 0. The lowest BCUT2D eigenvalue weighted by molar-refractivity contribution is 0.120. The minimum absolute atomic E-state index is 0.609. The Kier molecular flexibility index (Phi) is 3.40. The van der Waals surface area contributed by atoms with Crippen LogP contribution in [0.2, 0.25) is 0 Å². The number of piperazine rings is 1. The van der Waals surface area contributed by atoms with Gasteiger partial charge in [0.05, 0.1) is 18.1 Å². The summed E-state index contributed by atoms with van der Waals surface area (Å²) in [6, 6.07) is 0.891. The van der Waals surface area contributed by atoms with Crippen LogP contribution >= 0.6 is 0 Å². The molecule has 0 amide bonds. The summed E-state index contributed by atoms with van der Waals surface area (Å²) >= 11 is 0. The van der Waals surface area contributed by atoms with Crippen molar-refractivity contribution < 1.29 is 0 Å². The van der Waals surface area contributed by atoms with Crippen molar-refractivity contribution in [2.45, 2.75) is 25.4 Å². The van der Waals surface area contributed by atoms with Crippen molar-refractivity contribution >= 4 is 5.82 Å². The zero-order chi connectivity index (χ0) is 12.4. The Morgan fingerprint density at radius 2 is 1.94 bits per heavy atom. The zero-order valence-corrected chi connectivity index (χ0v) is 10.5. The van der Waals surface area contributed by atoms with Gasteiger partial charge in [0.1, 0.15) is 0 Å². The van der Waals surface area contributed by atoms with Crippen molar-refractivity contribution in [3.8, 4) is 0 Å². The highest BCUT2D eigenvalue weighted by atomic mass is 15.3. The van der Waals surface area contributed by atoms with Gasteiger partial charge in [0.2, 0.25) is 0 Å². The highest BCUT2D eigenvalue weighted by Gasteiger charge is 2.31. The summed E-state index contributed by atoms with van der Waals surface area (Å²) in [7, 11) is 0. The summed E-state index contributed by atoms with van der Waals surface area (Å²) in [5.74, 6) is 5.87. The predicted octanol–water partition coefficient (Wildman–Crippen LogP) is 0.0422. The van der Waals surface area contributed by atoms with Crippen molar-refractivity contribution in [1.82, 2.24) is 19.8 Å². The van der Waals surface area contributed by atoms with E-state index in [0.29, 0.717) is 5.82 Å². The van der Waals surface area contributed by atoms with Gasteiger partial charge < -0.3 is 5.43 Å². The highest BCUT2D eigenvalue weighted by Crippen LogP contribution is 2.27. The fourth-order valence-electron chi connectivity index (χ4n) is 2.47. The van der Waals surface area contributed by atoms with E-state index in [0.717, 1.165) is 31.4 Å². The van der Waals surface area contributed by atoms with E-state index in [1.165, 1.54) is 25.9 Å². The monoisotopic (exact) mass is 248 g/mol. The molecule has 1 aliphatic heterocycles. The van der Waals surface area contributed by atoms with Crippen LogP contribution in [-0.4, -0.2) is 52.0 Å². The largest absolute Gasteiger partial charge is 0.307 e. The molecule has 6 nitrogen and oxygen atoms in total. The number of rotatable bonds is 4. The van der Waals surface area contributed by atoms with Crippen molar-refractivity contribution in [3.63, 3.8) is 0 Å². The zero-order valence-electron chi connectivity index (χ0n) is 10.5. The SMILES string of the molecule is NNc1cnc(CN2CCN(C3CC3)CC2)cn1. The molecule has 18 heavy (non-hydrogen) atoms. The van der Waals surface area contributed by atoms with E-state index in [1.807, 2.05) is 0 Å². The molecule has 1 aromatic heterocycles. The molecule has 3 N–H and O–H groups in total. The number of nitrogens with one attached hydrogen (secondary N) is 1. The lowest BCUT2D eigenvalue weighted by Gasteiger charge is -2.34. The molecule has 1 saturated carbocycles. The minimum Gasteiger partial charge on any atom is -0.307 e. The number of nitrogen functional groups attached to an aromatic ring is 1. The second kappa shape index (κ2) is 5.17. The first-order valence-electron chi connectivity index (χ1n) is 6.59. The van der Waals surface area contributed by atoms with Gasteiger partial charge in [-0.3, -0.25) is 14.8 Å². The molecule has 1 aliphatic carbocycles. The van der Waals surface area contributed by atoms with Crippen molar-refractivity contribution in [2.24, 2.45) is 5.84 Å². The first kappa shape index (κ1) is 11.8. The van der Waals surface area contributed by atoms with E-state index in [1.54, 1.807) is 12.4 Å². The molecule has 3 rings (SSSR count). The van der Waals surface area contributed by atoms with E-state index >= 15 is 0 Å². The first-order chi connectivity index (χ1) is 8.85. The molecule has 0 radical (unpaired) electrons. The molecule has 0 bridgehead atoms. The summed E-state index contributed by atoms with van der Waals surface area (Å²) in [4.78, 5) is 13.6. The van der Waals surface area contributed by atoms with Gasteiger partial charge in [-0.15, -0.1) is 0 Å². The highest BCUT2D eigenvalue weighted by molar-refractivity contribution is 5.28. The quantitative estimate of drug-likeness (QED) is 0.579. The summed E-state index contributed by atoms with van der Waals surface area (Å²) in [5, 5.41) is 0. The number of nitrogens with two attached hydrogens (primary N) is 1. The molecule has 0 aromatic carbocycles. The van der Waals surface area contributed by atoms with Gasteiger partial charge in [0.25, 0.3) is 0 Å². The van der Waals surface area contributed by atoms with Crippen LogP contribution in [-0.2, 0) is 6.54 Å². The van der Waals surface area contributed by atoms with E-state index in [2.05, 4.69) is 25.2 Å². The lowest BCUT2D eigenvalue weighted by atomic mass is 10.3. The lowest BCUT2D eigenvalue weighted by Crippen LogP contribution is -2.46. The number of nitrogens with zero attached hydrogens (tertiary/aromatic N) is 4. The second-order valence-corrected chi connectivity index (χ2v) is 5.08. The Hall–Kier alpha value is -1.24. The second-order valence-electron chi connectivity index (χ2n) is 5.08. The van der Waals surface area contributed by atoms with Crippen LogP contribution in [0.4, 0.5) is 5.82 Å². The molecule has 0 spiro atoms. The molecule has 2 aliphatic rings. The fourth-order valence-corrected chi connectivity index (χ4v) is 2.47. The smallest absolute Gasteiger partial charge is 0.158 e. The predicted molar refractivity (Wildman–Crippen MR) is 69.7 cm³/mol. The number of hydrazine groups is 1. The molecule has 6 heteroatoms. The van der Waals surface area contributed by atoms with Crippen LogP contribution < -0.4 is 11.3 Å². The Bertz CT molecular complexity index is 380. The Labute approximate surface area is 107 Å². The van der Waals surface area contributed by atoms with Gasteiger partial charge in [0, 0.05) is 38.8 Å². The molecular formula is C12H20N6. The number of hydrogen-bond donors (Lipinski definition) is 2. The van der Waals surface area contributed by atoms with Crippen LogP contribution in [0.1, 0.15) is 18.5 Å². The molecule has 2 heterocycles. The molecule has 1 saturated heterocycles. The average Bonchev–Trinajstić information content (AvgIpc) is 3.25. The Balaban J connectivity index is 1.50. The van der Waals surface area contributed by atoms with E-state index in [9.17, 15) is 0 Å². The van der Waals surface area contributed by atoms with Crippen LogP contribution in [0.3, 0.4) is 0 Å². The topological polar surface area (TPSA) is 70.3 Å². The van der Waals surface area contributed by atoms with Crippen LogP contribution in [0.25, 0.3) is 0 Å². The minimum atomic E-state index is 0.609. The third-order valence-electron chi connectivity index (χ3n) is 3.71. The number of anilines is 1. The van der Waals surface area contributed by atoms with Gasteiger partial charge in [-0.05, 0) is 12.8 Å². The van der Waals surface area contributed by atoms with Crippen molar-refractivity contribution in [1.29, 1.82) is 0 Å². The Morgan fingerprint density at radius 3 is 2.50 bits per heavy atom. The van der Waals surface area contributed by atoms with Crippen LogP contribution in [0.15, 0.2) is 12.4 Å². The van der Waals surface area contributed by atoms with E-state index in [4.69, 9.17) is 5.84 Å². The van der Waals surface area contributed by atoms with Gasteiger partial charge in [-0.2, -0.15) is 0 Å². The fraction of sp³-hybridized carbons (Fsp3) is 0.667. The standard InChI is InChI=1S/C12H20N6/c13-16-12-8-14-10(7-15-12)9-17-3-5-18(6-4-17)11-1-2-11/h7-8,11H,1-6,9,13H2,(H,15,16). The first-order valence-corrected chi connectivity index (χ1v) is 6.59. The molecule has 0 atom stereocenters. The Morgan fingerprint density at radius 1 is 1.17 bits per heavy atom. The van der Waals surface area contributed by atoms with E-state index < -0.39 is 0 Å². The summed E-state index contributed by atoms with van der Waals surface area (Å²) in [5.41, 5.74) is 3.50.